The first-order chi connectivity index (χ1) is 7.58. The molecule has 1 fully saturated rings. The van der Waals surface area contributed by atoms with Crippen molar-refractivity contribution in [2.45, 2.75) is 43.7 Å². The Hall–Kier alpha value is -0.650. The van der Waals surface area contributed by atoms with Crippen LogP contribution < -0.4 is 11.5 Å². The second-order valence-electron chi connectivity index (χ2n) is 4.46. The van der Waals surface area contributed by atoms with E-state index < -0.39 is 11.4 Å². The van der Waals surface area contributed by atoms with Gasteiger partial charge in [-0.1, -0.05) is 0 Å². The van der Waals surface area contributed by atoms with E-state index in [1.165, 1.54) is 0 Å². The molecule has 0 saturated heterocycles. The Kier molecular flexibility index (Phi) is 5.18. The lowest BCUT2D eigenvalue weighted by Crippen LogP contribution is -2.56. The van der Waals surface area contributed by atoms with Crippen molar-refractivity contribution in [1.82, 2.24) is 0 Å². The highest BCUT2D eigenvalue weighted by atomic mass is 16.5. The molecule has 1 rings (SSSR count). The van der Waals surface area contributed by atoms with E-state index in [9.17, 15) is 4.79 Å². The Morgan fingerprint density at radius 3 is 2.88 bits per heavy atom. The van der Waals surface area contributed by atoms with E-state index in [4.69, 9.17) is 20.9 Å². The molecule has 2 unspecified atom stereocenters. The van der Waals surface area contributed by atoms with Crippen molar-refractivity contribution in [2.24, 2.45) is 11.5 Å². The fraction of sp³-hybridized carbons (Fsp3) is 0.909. The minimum atomic E-state index is -0.871. The summed E-state index contributed by atoms with van der Waals surface area (Å²) in [6.07, 6.45) is 3.98. The first-order valence-corrected chi connectivity index (χ1v) is 5.78. The van der Waals surface area contributed by atoms with Gasteiger partial charge in [0.05, 0.1) is 11.6 Å². The Balaban J connectivity index is 2.30. The molecular weight excluding hydrogens is 208 g/mol. The highest BCUT2D eigenvalue weighted by molar-refractivity contribution is 5.84. The van der Waals surface area contributed by atoms with E-state index in [0.29, 0.717) is 26.1 Å². The standard InChI is InChI=1S/C11H22N2O3/c1-15-6-3-7-16-9-4-2-5-11(13,8-9)10(12)14/h9H,2-8,13H2,1H3,(H2,12,14). The lowest BCUT2D eigenvalue weighted by Gasteiger charge is -2.35. The molecule has 1 aliphatic carbocycles. The normalized spacial score (nSPS) is 30.2. The van der Waals surface area contributed by atoms with E-state index >= 15 is 0 Å². The predicted octanol–water partition coefficient (Wildman–Crippen LogP) is 0.165. The van der Waals surface area contributed by atoms with E-state index in [1.807, 2.05) is 0 Å². The predicted molar refractivity (Wildman–Crippen MR) is 60.8 cm³/mol. The van der Waals surface area contributed by atoms with Gasteiger partial charge in [0, 0.05) is 26.7 Å². The molecular formula is C11H22N2O3. The number of carbonyl (C=O) groups is 1. The van der Waals surface area contributed by atoms with Crippen LogP contribution in [-0.4, -0.2) is 37.9 Å². The van der Waals surface area contributed by atoms with Gasteiger partial charge in [-0.2, -0.15) is 0 Å². The van der Waals surface area contributed by atoms with Crippen molar-refractivity contribution < 1.29 is 14.3 Å². The molecule has 0 aromatic rings. The zero-order valence-corrected chi connectivity index (χ0v) is 9.91. The number of nitrogens with two attached hydrogens (primary N) is 2. The number of rotatable bonds is 6. The van der Waals surface area contributed by atoms with Crippen LogP contribution >= 0.6 is 0 Å². The van der Waals surface area contributed by atoms with Gasteiger partial charge in [-0.25, -0.2) is 0 Å². The number of hydrogen-bond donors (Lipinski definition) is 2. The SMILES string of the molecule is COCCCOC1CCCC(N)(C(N)=O)C1. The largest absolute Gasteiger partial charge is 0.385 e. The first kappa shape index (κ1) is 13.4. The lowest BCUT2D eigenvalue weighted by atomic mass is 9.80. The molecule has 1 aliphatic rings. The van der Waals surface area contributed by atoms with Gasteiger partial charge in [0.2, 0.25) is 5.91 Å². The van der Waals surface area contributed by atoms with Gasteiger partial charge in [0.25, 0.3) is 0 Å². The third-order valence-corrected chi connectivity index (χ3v) is 3.08. The fourth-order valence-electron chi connectivity index (χ4n) is 2.07. The number of hydrogen-bond acceptors (Lipinski definition) is 4. The average molecular weight is 230 g/mol. The molecule has 0 spiro atoms. The van der Waals surface area contributed by atoms with Gasteiger partial charge in [-0.15, -0.1) is 0 Å². The number of methoxy groups -OCH3 is 1. The van der Waals surface area contributed by atoms with Crippen molar-refractivity contribution in [3.8, 4) is 0 Å². The Morgan fingerprint density at radius 1 is 1.50 bits per heavy atom. The Labute approximate surface area is 96.5 Å². The topological polar surface area (TPSA) is 87.6 Å². The third-order valence-electron chi connectivity index (χ3n) is 3.08. The van der Waals surface area contributed by atoms with Crippen LogP contribution in [0.5, 0.6) is 0 Å². The monoisotopic (exact) mass is 230 g/mol. The smallest absolute Gasteiger partial charge is 0.237 e. The summed E-state index contributed by atoms with van der Waals surface area (Å²) in [6.45, 7) is 1.34. The summed E-state index contributed by atoms with van der Waals surface area (Å²) in [5.41, 5.74) is 10.4. The van der Waals surface area contributed by atoms with Crippen LogP contribution in [0.25, 0.3) is 0 Å². The second kappa shape index (κ2) is 6.18. The zero-order chi connectivity index (χ0) is 12.0. The van der Waals surface area contributed by atoms with Gasteiger partial charge in [0.1, 0.15) is 0 Å². The van der Waals surface area contributed by atoms with Crippen LogP contribution in [0.1, 0.15) is 32.1 Å². The van der Waals surface area contributed by atoms with E-state index in [-0.39, 0.29) is 6.10 Å². The van der Waals surface area contributed by atoms with Crippen LogP contribution in [-0.2, 0) is 14.3 Å². The van der Waals surface area contributed by atoms with Crippen LogP contribution in [0.3, 0.4) is 0 Å². The second-order valence-corrected chi connectivity index (χ2v) is 4.46. The van der Waals surface area contributed by atoms with Crippen molar-refractivity contribution >= 4 is 5.91 Å². The van der Waals surface area contributed by atoms with Gasteiger partial charge in [-0.3, -0.25) is 4.79 Å². The lowest BCUT2D eigenvalue weighted by molar-refractivity contribution is -0.126. The van der Waals surface area contributed by atoms with Gasteiger partial charge < -0.3 is 20.9 Å². The first-order valence-electron chi connectivity index (χ1n) is 5.78. The maximum absolute atomic E-state index is 11.2. The summed E-state index contributed by atoms with van der Waals surface area (Å²) in [6, 6.07) is 0. The van der Waals surface area contributed by atoms with Crippen molar-refractivity contribution in [2.75, 3.05) is 20.3 Å². The summed E-state index contributed by atoms with van der Waals surface area (Å²) in [5.74, 6) is -0.419. The highest BCUT2D eigenvalue weighted by Crippen LogP contribution is 2.28. The molecule has 4 N–H and O–H groups in total. The molecule has 5 heteroatoms. The number of amides is 1. The number of ether oxygens (including phenoxy) is 2. The van der Waals surface area contributed by atoms with Crippen LogP contribution in [0, 0.1) is 0 Å². The molecule has 0 aliphatic heterocycles. The van der Waals surface area contributed by atoms with Crippen LogP contribution in [0.2, 0.25) is 0 Å². The maximum atomic E-state index is 11.2. The molecule has 0 aromatic heterocycles. The summed E-state index contributed by atoms with van der Waals surface area (Å²) >= 11 is 0. The molecule has 0 heterocycles. The third kappa shape index (κ3) is 3.73. The van der Waals surface area contributed by atoms with Crippen LogP contribution in [0.4, 0.5) is 0 Å². The quantitative estimate of drug-likeness (QED) is 0.636. The van der Waals surface area contributed by atoms with Crippen molar-refractivity contribution in [1.29, 1.82) is 0 Å². The van der Waals surface area contributed by atoms with Gasteiger partial charge in [0.15, 0.2) is 0 Å². The van der Waals surface area contributed by atoms with Gasteiger partial charge >= 0.3 is 0 Å². The molecule has 5 nitrogen and oxygen atoms in total. The Bertz CT molecular complexity index is 235. The summed E-state index contributed by atoms with van der Waals surface area (Å²) in [5, 5.41) is 0. The van der Waals surface area contributed by atoms with E-state index in [2.05, 4.69) is 0 Å². The van der Waals surface area contributed by atoms with Gasteiger partial charge in [-0.05, 0) is 25.7 Å². The molecule has 16 heavy (non-hydrogen) atoms. The number of primary amides is 1. The van der Waals surface area contributed by atoms with Crippen molar-refractivity contribution in [3.05, 3.63) is 0 Å². The maximum Gasteiger partial charge on any atom is 0.237 e. The molecule has 94 valence electrons. The Morgan fingerprint density at radius 2 is 2.25 bits per heavy atom. The van der Waals surface area contributed by atoms with Crippen LogP contribution in [0.15, 0.2) is 0 Å². The van der Waals surface area contributed by atoms with E-state index in [0.717, 1.165) is 19.3 Å². The minimum absolute atomic E-state index is 0.0584. The summed E-state index contributed by atoms with van der Waals surface area (Å²) in [4.78, 5) is 11.2. The zero-order valence-electron chi connectivity index (χ0n) is 9.91. The summed E-state index contributed by atoms with van der Waals surface area (Å²) in [7, 11) is 1.67. The molecule has 0 bridgehead atoms. The average Bonchev–Trinajstić information content (AvgIpc) is 2.24. The highest BCUT2D eigenvalue weighted by Gasteiger charge is 2.38. The van der Waals surface area contributed by atoms with E-state index in [1.54, 1.807) is 7.11 Å². The molecule has 0 radical (unpaired) electrons. The fourth-order valence-corrected chi connectivity index (χ4v) is 2.07. The number of carbonyl (C=O) groups excluding carboxylic acids is 1. The molecule has 1 saturated carbocycles. The minimum Gasteiger partial charge on any atom is -0.385 e. The molecule has 2 atom stereocenters. The molecule has 0 aromatic carbocycles. The molecule has 1 amide bonds. The van der Waals surface area contributed by atoms with Crippen molar-refractivity contribution in [3.63, 3.8) is 0 Å². The summed E-state index contributed by atoms with van der Waals surface area (Å²) < 4.78 is 10.6.